The van der Waals surface area contributed by atoms with Gasteiger partial charge in [-0.25, -0.2) is 0 Å². The smallest absolute Gasteiger partial charge is 0.317 e. The minimum absolute atomic E-state index is 0.0505. The van der Waals surface area contributed by atoms with Gasteiger partial charge in [-0.2, -0.15) is 11.8 Å². The summed E-state index contributed by atoms with van der Waals surface area (Å²) < 4.78 is 0. The number of rotatable bonds is 20. The standard InChI is InChI=1S/C56H78N12O20S2/c1-26(2)18-35-49(79)65-36(19-28-6-10-30(69)11-7-28)50(80)62-33(14-15-44(74)75)47(77)66-39(22-41(57)71)53(83)68-45(27(3)4)54(84)59-23-42(72)60-34(16-17-89-5)48(78)64-37(20-29-8-12-31(70)13-9-29)51(81)67-40(46(58)76)24-90-25-43(73)61-38(52(82)63-35)21-32(55(85)86)56(87)88/h6-13,26-27,32-40,45,69-70H,14-25H2,1-5H3,(H2,57,71)(H2,58,76)(H,59,84)(H,60,72)(H,61,73)(H,62,80)(H,63,82)(H,64,78)(H,65,79)(H,66,77)(H,67,81)(H,68,83)(H,74,75)(H,85,86)(H,87,88)/t33-,34-,35-,36+,37+,38+,39+,40+,45-/m1/s1. The van der Waals surface area contributed by atoms with E-state index >= 15 is 0 Å². The molecule has 9 atom stereocenters. The molecular formula is C56H78N12O20S2. The number of thioether (sulfide) groups is 2. The highest BCUT2D eigenvalue weighted by Crippen LogP contribution is 2.17. The molecule has 0 aromatic heterocycles. The average Bonchev–Trinajstić information content (AvgIpc) is 3.25. The highest BCUT2D eigenvalue weighted by Gasteiger charge is 2.38. The number of carboxylic acid groups (broad SMARTS) is 3. The maximum absolute atomic E-state index is 14.5. The van der Waals surface area contributed by atoms with Gasteiger partial charge in [0, 0.05) is 31.4 Å². The molecule has 0 radical (unpaired) electrons. The van der Waals surface area contributed by atoms with Crippen LogP contribution in [0.5, 0.6) is 11.5 Å². The highest BCUT2D eigenvalue weighted by atomic mass is 32.2. The molecule has 0 unspecified atom stereocenters. The van der Waals surface area contributed by atoms with Crippen LogP contribution in [0.25, 0.3) is 0 Å². The van der Waals surface area contributed by atoms with Crippen molar-refractivity contribution in [3.63, 3.8) is 0 Å². The number of benzene rings is 2. The van der Waals surface area contributed by atoms with E-state index in [9.17, 15) is 97.5 Å². The van der Waals surface area contributed by atoms with E-state index in [4.69, 9.17) is 11.5 Å². The fraction of sp³-hybridized carbons (Fsp3) is 0.518. The maximum atomic E-state index is 14.5. The van der Waals surface area contributed by atoms with Crippen LogP contribution >= 0.6 is 23.5 Å². The van der Waals surface area contributed by atoms with Crippen molar-refractivity contribution in [1.29, 1.82) is 0 Å². The lowest BCUT2D eigenvalue weighted by Gasteiger charge is -2.28. The Labute approximate surface area is 524 Å². The van der Waals surface area contributed by atoms with Crippen molar-refractivity contribution in [1.82, 2.24) is 53.2 Å². The molecule has 19 N–H and O–H groups in total. The third kappa shape index (κ3) is 26.2. The van der Waals surface area contributed by atoms with Gasteiger partial charge in [0.1, 0.15) is 65.9 Å². The number of hydrogen-bond donors (Lipinski definition) is 17. The summed E-state index contributed by atoms with van der Waals surface area (Å²) in [6.45, 7) is 5.38. The Morgan fingerprint density at radius 1 is 0.544 bits per heavy atom. The fourth-order valence-corrected chi connectivity index (χ4v) is 10.1. The predicted octanol–water partition coefficient (Wildman–Crippen LogP) is -4.03. The van der Waals surface area contributed by atoms with Crippen LogP contribution in [0.2, 0.25) is 0 Å². The molecule has 1 aliphatic heterocycles. The number of carboxylic acids is 3. The minimum Gasteiger partial charge on any atom is -0.508 e. The van der Waals surface area contributed by atoms with Gasteiger partial charge >= 0.3 is 17.9 Å². The Kier molecular flexibility index (Phi) is 30.8. The zero-order valence-electron chi connectivity index (χ0n) is 49.9. The number of primary amides is 2. The number of carbonyl (C=O) groups is 15. The van der Waals surface area contributed by atoms with Gasteiger partial charge in [-0.1, -0.05) is 52.0 Å². The lowest BCUT2D eigenvalue weighted by atomic mass is 9.97. The van der Waals surface area contributed by atoms with Gasteiger partial charge in [0.2, 0.25) is 70.9 Å². The maximum Gasteiger partial charge on any atom is 0.317 e. The largest absolute Gasteiger partial charge is 0.508 e. The Morgan fingerprint density at radius 3 is 1.44 bits per heavy atom. The second-order valence-corrected chi connectivity index (χ2v) is 23.7. The lowest BCUT2D eigenvalue weighted by molar-refractivity contribution is -0.156. The normalized spacial score (nSPS) is 23.0. The number of nitrogens with one attached hydrogen (secondary N) is 10. The van der Waals surface area contributed by atoms with Crippen molar-refractivity contribution in [2.45, 2.75) is 133 Å². The number of phenols is 2. The van der Waals surface area contributed by atoms with Gasteiger partial charge in [-0.3, -0.25) is 71.9 Å². The summed E-state index contributed by atoms with van der Waals surface area (Å²) in [5.74, 6) is -23.5. The van der Waals surface area contributed by atoms with Gasteiger partial charge in [0.25, 0.3) is 0 Å². The van der Waals surface area contributed by atoms with E-state index in [1.165, 1.54) is 74.1 Å². The predicted molar refractivity (Wildman–Crippen MR) is 322 cm³/mol. The number of phenolic OH excluding ortho intramolecular Hbond substituents is 2. The first-order valence-electron chi connectivity index (χ1n) is 28.1. The number of hydrogen-bond acceptors (Lipinski definition) is 19. The molecule has 0 aliphatic carbocycles. The van der Waals surface area contributed by atoms with Gasteiger partial charge in [-0.05, 0) is 78.5 Å². The molecular weight excluding hydrogens is 1220 g/mol. The van der Waals surface area contributed by atoms with Crippen LogP contribution in [-0.4, -0.2) is 199 Å². The Hall–Kier alpha value is -9.21. The second kappa shape index (κ2) is 36.9. The number of aromatic hydroxyl groups is 2. The molecule has 2 aromatic rings. The van der Waals surface area contributed by atoms with Crippen molar-refractivity contribution in [2.75, 3.05) is 30.1 Å². The first kappa shape index (κ1) is 75.0. The molecule has 1 fully saturated rings. The highest BCUT2D eigenvalue weighted by molar-refractivity contribution is 8.00. The molecule has 2 aromatic carbocycles. The van der Waals surface area contributed by atoms with E-state index in [2.05, 4.69) is 53.2 Å². The average molecular weight is 1300 g/mol. The van der Waals surface area contributed by atoms with Crippen LogP contribution in [0.15, 0.2) is 48.5 Å². The van der Waals surface area contributed by atoms with Crippen LogP contribution in [0.1, 0.15) is 77.3 Å². The first-order chi connectivity index (χ1) is 42.3. The number of amides is 12. The molecule has 32 nitrogen and oxygen atoms in total. The van der Waals surface area contributed by atoms with Gasteiger partial charge < -0.3 is 90.2 Å². The fourth-order valence-electron chi connectivity index (χ4n) is 8.73. The van der Waals surface area contributed by atoms with Crippen molar-refractivity contribution < 1.29 is 97.5 Å². The molecule has 1 saturated heterocycles. The summed E-state index contributed by atoms with van der Waals surface area (Å²) in [7, 11) is 0. The monoisotopic (exact) mass is 1300 g/mol. The summed E-state index contributed by atoms with van der Waals surface area (Å²) in [6, 6.07) is -4.71. The van der Waals surface area contributed by atoms with Crippen molar-refractivity contribution in [2.24, 2.45) is 29.2 Å². The van der Waals surface area contributed by atoms with Gasteiger partial charge in [-0.15, -0.1) is 11.8 Å². The topological polar surface area (TPSA) is 530 Å². The van der Waals surface area contributed by atoms with E-state index in [-0.39, 0.29) is 42.1 Å². The van der Waals surface area contributed by atoms with Crippen molar-refractivity contribution in [3.05, 3.63) is 59.7 Å². The van der Waals surface area contributed by atoms with E-state index in [0.29, 0.717) is 17.3 Å². The number of aliphatic carboxylic acids is 3. The van der Waals surface area contributed by atoms with Crippen LogP contribution in [0, 0.1) is 17.8 Å². The van der Waals surface area contributed by atoms with Crippen LogP contribution in [0.4, 0.5) is 0 Å². The Balaban J connectivity index is 2.23. The van der Waals surface area contributed by atoms with Crippen LogP contribution in [-0.2, 0) is 84.8 Å². The van der Waals surface area contributed by atoms with Crippen molar-refractivity contribution in [3.8, 4) is 11.5 Å². The molecule has 0 spiro atoms. The minimum atomic E-state index is -2.34. The van der Waals surface area contributed by atoms with E-state index in [0.717, 1.165) is 0 Å². The molecule has 494 valence electrons. The third-order valence-corrected chi connectivity index (χ3v) is 15.2. The van der Waals surface area contributed by atoms with Crippen LogP contribution in [0.3, 0.4) is 0 Å². The van der Waals surface area contributed by atoms with Gasteiger partial charge in [0.15, 0.2) is 5.92 Å². The summed E-state index contributed by atoms with van der Waals surface area (Å²) in [5, 5.41) is 73.2. The summed E-state index contributed by atoms with van der Waals surface area (Å²) >= 11 is 1.93. The summed E-state index contributed by atoms with van der Waals surface area (Å²) in [5.41, 5.74) is 11.8. The molecule has 34 heteroatoms. The molecule has 90 heavy (non-hydrogen) atoms. The Morgan fingerprint density at radius 2 is 0.978 bits per heavy atom. The van der Waals surface area contributed by atoms with E-state index in [1.807, 2.05) is 0 Å². The molecule has 1 heterocycles. The third-order valence-electron chi connectivity index (χ3n) is 13.5. The Bertz CT molecular complexity index is 2920. The molecule has 12 amide bonds. The SMILES string of the molecule is CSCC[C@H]1NC(=O)CNC(=O)[C@@H](C(C)C)NC(=O)[C@H](CC(N)=O)NC(=O)[C@@H](CCC(=O)O)NC(=O)[C@H](Cc2ccc(O)cc2)NC(=O)[C@@H](CC(C)C)NC(=O)[C@H](CC(C(=O)O)C(=O)O)NC(=O)CSC[C@@H](C(N)=O)NC(=O)[C@H](Cc2ccc(O)cc2)NC1=O. The lowest BCUT2D eigenvalue weighted by Crippen LogP contribution is -2.61. The summed E-state index contributed by atoms with van der Waals surface area (Å²) in [4.78, 5) is 202. The first-order valence-corrected chi connectivity index (χ1v) is 30.7. The van der Waals surface area contributed by atoms with Crippen molar-refractivity contribution >= 4 is 112 Å². The van der Waals surface area contributed by atoms with E-state index in [1.54, 1.807) is 20.1 Å². The van der Waals surface area contributed by atoms with Gasteiger partial charge in [0.05, 0.1) is 18.7 Å². The molecule has 1 aliphatic rings. The van der Waals surface area contributed by atoms with Crippen LogP contribution < -0.4 is 64.6 Å². The molecule has 3 rings (SSSR count). The van der Waals surface area contributed by atoms with E-state index < -0.39 is 211 Å². The second-order valence-electron chi connectivity index (χ2n) is 21.7. The zero-order valence-corrected chi connectivity index (χ0v) is 51.5. The molecule has 0 bridgehead atoms. The quantitative estimate of drug-likeness (QED) is 0.0561. The summed E-state index contributed by atoms with van der Waals surface area (Å²) in [6.07, 6.45) is -2.87. The zero-order chi connectivity index (χ0) is 67.5. The number of nitrogens with two attached hydrogens (primary N) is 2. The molecule has 0 saturated carbocycles. The number of carbonyl (C=O) groups excluding carboxylic acids is 12.